The van der Waals surface area contributed by atoms with Crippen LogP contribution in [0.5, 0.6) is 5.75 Å². The minimum Gasteiger partial charge on any atom is -0.497 e. The summed E-state index contributed by atoms with van der Waals surface area (Å²) >= 11 is 1.07. The Morgan fingerprint density at radius 2 is 1.84 bits per heavy atom. The van der Waals surface area contributed by atoms with Gasteiger partial charge < -0.3 is 20.5 Å². The third kappa shape index (κ3) is 4.78. The van der Waals surface area contributed by atoms with Crippen LogP contribution >= 0.6 is 11.8 Å². The van der Waals surface area contributed by atoms with Crippen LogP contribution < -0.4 is 15.8 Å². The number of allylic oxidation sites excluding steroid dienone is 1. The van der Waals surface area contributed by atoms with Gasteiger partial charge in [0.2, 0.25) is 5.91 Å². The second kappa shape index (κ2) is 10.4. The first kappa shape index (κ1) is 25.9. The lowest BCUT2D eigenvalue weighted by atomic mass is 9.82. The average molecular weight is 519 g/mol. The van der Waals surface area contributed by atoms with Gasteiger partial charge in [-0.3, -0.25) is 19.3 Å². The van der Waals surface area contributed by atoms with E-state index >= 15 is 0 Å². The average Bonchev–Trinajstić information content (AvgIpc) is 3.21. The zero-order chi connectivity index (χ0) is 26.9. The zero-order valence-corrected chi connectivity index (χ0v) is 21.6. The van der Waals surface area contributed by atoms with Crippen molar-refractivity contribution < 1.29 is 23.9 Å². The fraction of sp³-hybridized carbons (Fsp3) is 0.259. The first-order valence-corrected chi connectivity index (χ1v) is 12.3. The van der Waals surface area contributed by atoms with E-state index in [0.29, 0.717) is 17.0 Å². The largest absolute Gasteiger partial charge is 0.497 e. The molecule has 0 saturated carbocycles. The first-order valence-electron chi connectivity index (χ1n) is 11.4. The van der Waals surface area contributed by atoms with Crippen LogP contribution in [-0.2, 0) is 19.1 Å². The van der Waals surface area contributed by atoms with Crippen molar-refractivity contribution in [3.8, 4) is 11.8 Å². The van der Waals surface area contributed by atoms with Crippen molar-refractivity contribution in [2.75, 3.05) is 19.5 Å². The second-order valence-corrected chi connectivity index (χ2v) is 9.84. The maximum atomic E-state index is 13.9. The predicted octanol–water partition coefficient (Wildman–Crippen LogP) is 3.46. The number of methoxy groups -OCH3 is 2. The van der Waals surface area contributed by atoms with Crippen molar-refractivity contribution >= 4 is 35.2 Å². The number of nitrogens with one attached hydrogen (secondary N) is 1. The molecule has 37 heavy (non-hydrogen) atoms. The number of carbonyl (C=O) groups excluding carboxylic acids is 3. The molecule has 0 aromatic heterocycles. The normalized spacial score (nSPS) is 18.9. The number of hydrogen-bond acceptors (Lipinski definition) is 8. The van der Waals surface area contributed by atoms with Crippen molar-refractivity contribution in [2.45, 2.75) is 31.4 Å². The number of amides is 2. The third-order valence-electron chi connectivity index (χ3n) is 6.44. The second-order valence-electron chi connectivity index (χ2n) is 8.65. The number of fused-ring (bicyclic) bond motifs is 1. The molecule has 0 unspecified atom stereocenters. The van der Waals surface area contributed by atoms with Gasteiger partial charge in [-0.2, -0.15) is 5.26 Å². The van der Waals surface area contributed by atoms with Gasteiger partial charge in [0.25, 0.3) is 5.91 Å². The molecule has 1 saturated heterocycles. The molecule has 1 fully saturated rings. The van der Waals surface area contributed by atoms with Crippen LogP contribution in [0, 0.1) is 25.2 Å². The molecular formula is C27H26N4O5S. The van der Waals surface area contributed by atoms with E-state index in [9.17, 15) is 19.6 Å². The first-order chi connectivity index (χ1) is 17.7. The van der Waals surface area contributed by atoms with Crippen LogP contribution in [0.15, 0.2) is 64.5 Å². The van der Waals surface area contributed by atoms with Gasteiger partial charge in [0.05, 0.1) is 48.8 Å². The molecule has 4 rings (SSSR count). The molecule has 2 aliphatic heterocycles. The van der Waals surface area contributed by atoms with Gasteiger partial charge in [-0.05, 0) is 54.8 Å². The molecule has 190 valence electrons. The fourth-order valence-corrected chi connectivity index (χ4v) is 5.62. The van der Waals surface area contributed by atoms with Gasteiger partial charge in [0.15, 0.2) is 0 Å². The molecule has 2 aliphatic rings. The van der Waals surface area contributed by atoms with Crippen LogP contribution in [0.25, 0.3) is 0 Å². The summed E-state index contributed by atoms with van der Waals surface area (Å²) in [7, 11) is 2.78. The Hall–Kier alpha value is -4.23. The maximum Gasteiger partial charge on any atom is 0.307 e. The number of ether oxygens (including phenoxy) is 2. The van der Waals surface area contributed by atoms with Crippen LogP contribution in [0.2, 0.25) is 0 Å². The highest BCUT2D eigenvalue weighted by atomic mass is 32.2. The summed E-state index contributed by atoms with van der Waals surface area (Å²) in [5.41, 5.74) is 9.90. The molecule has 2 heterocycles. The minimum absolute atomic E-state index is 0.0619. The Kier molecular flexibility index (Phi) is 7.27. The number of hydrogen-bond donors (Lipinski definition) is 2. The standard InChI is InChI=1S/C27H26N4O5S/c1-14-5-8-17(11-15(14)2)30-25(33)23-22(16-6-9-18(35-3)10-7-16)19(13-28)24(29)31-26(34)20(37-27(23)31)12-21(32)36-4/h5-11,20,22H,12,29H2,1-4H3,(H,30,33)/t20-,22-/m1/s1. The molecule has 2 atom stereocenters. The molecule has 10 heteroatoms. The molecule has 0 radical (unpaired) electrons. The van der Waals surface area contributed by atoms with E-state index in [4.69, 9.17) is 15.2 Å². The molecule has 0 bridgehead atoms. The topological polar surface area (TPSA) is 135 Å². The highest BCUT2D eigenvalue weighted by Crippen LogP contribution is 2.50. The number of nitrogens with two attached hydrogens (primary N) is 1. The van der Waals surface area contributed by atoms with Gasteiger partial charge in [0, 0.05) is 5.69 Å². The summed E-state index contributed by atoms with van der Waals surface area (Å²) < 4.78 is 10.00. The summed E-state index contributed by atoms with van der Waals surface area (Å²) in [6.07, 6.45) is -0.200. The number of nitrogens with zero attached hydrogens (tertiary/aromatic N) is 2. The Morgan fingerprint density at radius 1 is 1.14 bits per heavy atom. The number of rotatable bonds is 6. The highest BCUT2D eigenvalue weighted by molar-refractivity contribution is 8.04. The summed E-state index contributed by atoms with van der Waals surface area (Å²) in [4.78, 5) is 40.3. The lowest BCUT2D eigenvalue weighted by Gasteiger charge is -2.32. The van der Waals surface area contributed by atoms with Crippen molar-refractivity contribution in [3.63, 3.8) is 0 Å². The number of thioether (sulfide) groups is 1. The van der Waals surface area contributed by atoms with Gasteiger partial charge in [-0.1, -0.05) is 30.0 Å². The SMILES string of the molecule is COC(=O)C[C@H]1SC2=C(C(=O)Nc3ccc(C)c(C)c3)[C@H](c3ccc(OC)cc3)C(C#N)=C(N)N2C1=O. The molecule has 0 spiro atoms. The number of benzene rings is 2. The van der Waals surface area contributed by atoms with E-state index in [0.717, 1.165) is 22.9 Å². The van der Waals surface area contributed by atoms with Gasteiger partial charge >= 0.3 is 5.97 Å². The summed E-state index contributed by atoms with van der Waals surface area (Å²) in [6.45, 7) is 3.91. The molecule has 2 amide bonds. The van der Waals surface area contributed by atoms with Crippen LogP contribution in [0.1, 0.15) is 29.0 Å². The molecule has 9 nitrogen and oxygen atoms in total. The number of anilines is 1. The van der Waals surface area contributed by atoms with Crippen LogP contribution in [0.3, 0.4) is 0 Å². The summed E-state index contributed by atoms with van der Waals surface area (Å²) in [6, 6.07) is 14.6. The molecular weight excluding hydrogens is 492 g/mol. The van der Waals surface area contributed by atoms with Gasteiger partial charge in [-0.15, -0.1) is 0 Å². The molecule has 0 aliphatic carbocycles. The Labute approximate surface area is 218 Å². The summed E-state index contributed by atoms with van der Waals surface area (Å²) in [5, 5.41) is 12.5. The van der Waals surface area contributed by atoms with E-state index in [1.165, 1.54) is 12.0 Å². The minimum atomic E-state index is -0.847. The molecule has 2 aromatic carbocycles. The third-order valence-corrected chi connectivity index (χ3v) is 7.71. The lowest BCUT2D eigenvalue weighted by Crippen LogP contribution is -2.39. The number of esters is 1. The molecule has 3 N–H and O–H groups in total. The molecule has 2 aromatic rings. The van der Waals surface area contributed by atoms with Gasteiger partial charge in [-0.25, -0.2) is 0 Å². The smallest absolute Gasteiger partial charge is 0.307 e. The quantitative estimate of drug-likeness (QED) is 0.555. The zero-order valence-electron chi connectivity index (χ0n) is 20.8. The summed E-state index contributed by atoms with van der Waals surface area (Å²) in [5.74, 6) is -1.84. The van der Waals surface area contributed by atoms with Crippen LogP contribution in [0.4, 0.5) is 5.69 Å². The number of aryl methyl sites for hydroxylation is 2. The fourth-order valence-electron chi connectivity index (χ4n) is 4.29. The number of nitriles is 1. The van der Waals surface area contributed by atoms with E-state index in [-0.39, 0.29) is 28.4 Å². The van der Waals surface area contributed by atoms with Crippen molar-refractivity contribution in [1.29, 1.82) is 5.26 Å². The Bertz CT molecular complexity index is 1390. The predicted molar refractivity (Wildman–Crippen MR) is 139 cm³/mol. The van der Waals surface area contributed by atoms with Crippen molar-refractivity contribution in [1.82, 2.24) is 4.90 Å². The highest BCUT2D eigenvalue weighted by Gasteiger charge is 2.48. The lowest BCUT2D eigenvalue weighted by molar-refractivity contribution is -0.142. The number of carbonyl (C=O) groups is 3. The van der Waals surface area contributed by atoms with Gasteiger partial charge in [0.1, 0.15) is 16.8 Å². The van der Waals surface area contributed by atoms with Crippen LogP contribution in [-0.4, -0.2) is 42.2 Å². The van der Waals surface area contributed by atoms with Crippen molar-refractivity contribution in [3.05, 3.63) is 81.2 Å². The van der Waals surface area contributed by atoms with Crippen molar-refractivity contribution in [2.24, 2.45) is 5.73 Å². The van der Waals surface area contributed by atoms with E-state index in [1.54, 1.807) is 37.4 Å². The van der Waals surface area contributed by atoms with E-state index in [1.807, 2.05) is 26.0 Å². The Balaban J connectivity index is 1.87. The van der Waals surface area contributed by atoms with E-state index in [2.05, 4.69) is 11.4 Å². The monoisotopic (exact) mass is 518 g/mol. The Morgan fingerprint density at radius 3 is 2.43 bits per heavy atom. The van der Waals surface area contributed by atoms with E-state index < -0.39 is 29.0 Å². The maximum absolute atomic E-state index is 13.9.